The van der Waals surface area contributed by atoms with E-state index in [1.165, 1.54) is 11.8 Å². The highest BCUT2D eigenvalue weighted by atomic mass is 35.5. The minimum Gasteiger partial charge on any atom is -0.467 e. The average molecular weight is 382 g/mol. The Labute approximate surface area is 155 Å². The molecule has 0 fully saturated rings. The number of methoxy groups -OCH3 is 1. The van der Waals surface area contributed by atoms with Crippen LogP contribution in [-0.4, -0.2) is 46.8 Å². The number of carbonyl (C=O) groups is 2. The van der Waals surface area contributed by atoms with Crippen LogP contribution in [0.2, 0.25) is 5.02 Å². The van der Waals surface area contributed by atoms with Gasteiger partial charge in [-0.2, -0.15) is 16.9 Å². The van der Waals surface area contributed by atoms with Gasteiger partial charge in [0, 0.05) is 12.6 Å². The number of esters is 1. The standard InChI is InChI=1S/C17H20ClN3O3S/c1-21-15(10-14(20-21)11-6-4-5-7-12(11)18)16(22)19-13(8-9-25-3)17(23)24-2/h4-7,10,13H,8-9H2,1-3H3,(H,19,22)/t13-/m1/s1. The molecule has 0 spiro atoms. The molecule has 1 atom stereocenters. The van der Waals surface area contributed by atoms with Crippen LogP contribution in [0, 0.1) is 0 Å². The van der Waals surface area contributed by atoms with E-state index in [0.29, 0.717) is 22.8 Å². The van der Waals surface area contributed by atoms with Gasteiger partial charge in [0.05, 0.1) is 17.8 Å². The summed E-state index contributed by atoms with van der Waals surface area (Å²) in [6.45, 7) is 0. The van der Waals surface area contributed by atoms with Gasteiger partial charge in [-0.25, -0.2) is 4.79 Å². The summed E-state index contributed by atoms with van der Waals surface area (Å²) in [4.78, 5) is 24.4. The number of aryl methyl sites for hydroxylation is 1. The van der Waals surface area contributed by atoms with Crippen LogP contribution in [0.25, 0.3) is 11.3 Å². The van der Waals surface area contributed by atoms with Crippen molar-refractivity contribution in [3.05, 3.63) is 41.0 Å². The Morgan fingerprint density at radius 3 is 2.76 bits per heavy atom. The second-order valence-corrected chi connectivity index (χ2v) is 6.74. The summed E-state index contributed by atoms with van der Waals surface area (Å²) in [5.74, 6) is -0.114. The van der Waals surface area contributed by atoms with Crippen molar-refractivity contribution in [3.8, 4) is 11.3 Å². The van der Waals surface area contributed by atoms with E-state index < -0.39 is 12.0 Å². The van der Waals surface area contributed by atoms with Crippen molar-refractivity contribution < 1.29 is 14.3 Å². The topological polar surface area (TPSA) is 73.2 Å². The summed E-state index contributed by atoms with van der Waals surface area (Å²) in [7, 11) is 2.98. The predicted octanol–water partition coefficient (Wildman–Crippen LogP) is 2.77. The molecule has 0 saturated heterocycles. The fourth-order valence-corrected chi connectivity index (χ4v) is 3.04. The summed E-state index contributed by atoms with van der Waals surface area (Å²) in [5.41, 5.74) is 1.68. The van der Waals surface area contributed by atoms with Gasteiger partial charge in [0.15, 0.2) is 0 Å². The monoisotopic (exact) mass is 381 g/mol. The number of amides is 1. The van der Waals surface area contributed by atoms with Gasteiger partial charge < -0.3 is 10.1 Å². The average Bonchev–Trinajstić information content (AvgIpc) is 2.99. The number of nitrogens with zero attached hydrogens (tertiary/aromatic N) is 2. The molecule has 0 saturated carbocycles. The molecule has 0 aliphatic heterocycles. The van der Waals surface area contributed by atoms with Crippen LogP contribution in [0.4, 0.5) is 0 Å². The highest BCUT2D eigenvalue weighted by Crippen LogP contribution is 2.26. The molecule has 0 aliphatic carbocycles. The number of halogens is 1. The Morgan fingerprint density at radius 2 is 2.12 bits per heavy atom. The molecule has 8 heteroatoms. The van der Waals surface area contributed by atoms with Gasteiger partial charge in [0.2, 0.25) is 0 Å². The molecule has 1 N–H and O–H groups in total. The van der Waals surface area contributed by atoms with Gasteiger partial charge in [-0.15, -0.1) is 0 Å². The first-order valence-electron chi connectivity index (χ1n) is 7.64. The maximum Gasteiger partial charge on any atom is 0.328 e. The molecule has 0 unspecified atom stereocenters. The first-order valence-corrected chi connectivity index (χ1v) is 9.41. The predicted molar refractivity (Wildman–Crippen MR) is 99.9 cm³/mol. The van der Waals surface area contributed by atoms with E-state index in [9.17, 15) is 9.59 Å². The van der Waals surface area contributed by atoms with Gasteiger partial charge in [-0.1, -0.05) is 29.8 Å². The second-order valence-electron chi connectivity index (χ2n) is 5.35. The summed E-state index contributed by atoms with van der Waals surface area (Å²) < 4.78 is 6.23. The molecule has 0 aliphatic rings. The fraction of sp³-hybridized carbons (Fsp3) is 0.353. The van der Waals surface area contributed by atoms with Gasteiger partial charge >= 0.3 is 5.97 Å². The molecule has 0 radical (unpaired) electrons. The van der Waals surface area contributed by atoms with Crippen molar-refractivity contribution in [1.29, 1.82) is 0 Å². The number of hydrogen-bond acceptors (Lipinski definition) is 5. The van der Waals surface area contributed by atoms with Crippen molar-refractivity contribution >= 4 is 35.2 Å². The van der Waals surface area contributed by atoms with Crippen LogP contribution >= 0.6 is 23.4 Å². The number of ether oxygens (including phenoxy) is 1. The van der Waals surface area contributed by atoms with E-state index in [1.54, 1.807) is 30.9 Å². The maximum absolute atomic E-state index is 12.6. The molecule has 2 rings (SSSR count). The normalized spacial score (nSPS) is 11.8. The number of rotatable bonds is 7. The minimum atomic E-state index is -0.691. The quantitative estimate of drug-likeness (QED) is 0.746. The highest BCUT2D eigenvalue weighted by Gasteiger charge is 2.24. The first-order chi connectivity index (χ1) is 12.0. The fourth-order valence-electron chi connectivity index (χ4n) is 2.34. The van der Waals surface area contributed by atoms with Crippen LogP contribution < -0.4 is 5.32 Å². The zero-order valence-corrected chi connectivity index (χ0v) is 15.9. The van der Waals surface area contributed by atoms with Crippen LogP contribution in [0.3, 0.4) is 0 Å². The summed E-state index contributed by atoms with van der Waals surface area (Å²) in [6, 6.07) is 8.24. The molecule has 25 heavy (non-hydrogen) atoms. The zero-order valence-electron chi connectivity index (χ0n) is 14.3. The lowest BCUT2D eigenvalue weighted by molar-refractivity contribution is -0.142. The lowest BCUT2D eigenvalue weighted by Crippen LogP contribution is -2.42. The summed E-state index contributed by atoms with van der Waals surface area (Å²) in [5, 5.41) is 7.62. The largest absolute Gasteiger partial charge is 0.467 e. The summed E-state index contributed by atoms with van der Waals surface area (Å²) in [6.07, 6.45) is 2.43. The minimum absolute atomic E-state index is 0.341. The molecule has 1 aromatic carbocycles. The van der Waals surface area contributed by atoms with Gasteiger partial charge in [-0.3, -0.25) is 9.48 Å². The molecule has 6 nitrogen and oxygen atoms in total. The maximum atomic E-state index is 12.6. The SMILES string of the molecule is COC(=O)[C@@H](CCSC)NC(=O)c1cc(-c2ccccc2Cl)nn1C. The third-order valence-corrected chi connectivity index (χ3v) is 4.64. The Morgan fingerprint density at radius 1 is 1.40 bits per heavy atom. The van der Waals surface area contributed by atoms with Crippen LogP contribution in [0.1, 0.15) is 16.9 Å². The van der Waals surface area contributed by atoms with Crippen molar-refractivity contribution in [3.63, 3.8) is 0 Å². The van der Waals surface area contributed by atoms with E-state index in [-0.39, 0.29) is 5.91 Å². The van der Waals surface area contributed by atoms with Gasteiger partial charge in [0.1, 0.15) is 11.7 Å². The second kappa shape index (κ2) is 8.92. The van der Waals surface area contributed by atoms with Crippen LogP contribution in [0.15, 0.2) is 30.3 Å². The van der Waals surface area contributed by atoms with Crippen molar-refractivity contribution in [2.75, 3.05) is 19.1 Å². The van der Waals surface area contributed by atoms with E-state index in [1.807, 2.05) is 24.5 Å². The molecule has 2 aromatic rings. The summed E-state index contributed by atoms with van der Waals surface area (Å²) >= 11 is 7.78. The highest BCUT2D eigenvalue weighted by molar-refractivity contribution is 7.98. The van der Waals surface area contributed by atoms with Crippen molar-refractivity contribution in [2.45, 2.75) is 12.5 Å². The first kappa shape index (κ1) is 19.3. The Balaban J connectivity index is 2.21. The number of nitrogens with one attached hydrogen (secondary N) is 1. The molecular weight excluding hydrogens is 362 g/mol. The number of hydrogen-bond donors (Lipinski definition) is 1. The molecular formula is C17H20ClN3O3S. The van der Waals surface area contributed by atoms with Crippen LogP contribution in [0.5, 0.6) is 0 Å². The molecule has 1 amide bonds. The van der Waals surface area contributed by atoms with Gasteiger partial charge in [0.25, 0.3) is 5.91 Å². The smallest absolute Gasteiger partial charge is 0.328 e. The lowest BCUT2D eigenvalue weighted by Gasteiger charge is -2.15. The number of carbonyl (C=O) groups excluding carboxylic acids is 2. The Kier molecular flexibility index (Phi) is 6.90. The van der Waals surface area contributed by atoms with E-state index in [4.69, 9.17) is 16.3 Å². The lowest BCUT2D eigenvalue weighted by atomic mass is 10.1. The number of thioether (sulfide) groups is 1. The molecule has 0 bridgehead atoms. The number of aromatic nitrogens is 2. The Hall–Kier alpha value is -1.99. The van der Waals surface area contributed by atoms with Crippen molar-refractivity contribution in [2.24, 2.45) is 7.05 Å². The third-order valence-electron chi connectivity index (χ3n) is 3.66. The van der Waals surface area contributed by atoms with Gasteiger partial charge in [-0.05, 0) is 30.6 Å². The van der Waals surface area contributed by atoms with Crippen molar-refractivity contribution in [1.82, 2.24) is 15.1 Å². The molecule has 1 aromatic heterocycles. The molecule has 1 heterocycles. The number of benzene rings is 1. The van der Waals surface area contributed by atoms with E-state index >= 15 is 0 Å². The zero-order chi connectivity index (χ0) is 18.4. The van der Waals surface area contributed by atoms with E-state index in [0.717, 1.165) is 11.3 Å². The third kappa shape index (κ3) is 4.76. The Bertz CT molecular complexity index is 763. The molecule has 134 valence electrons. The van der Waals surface area contributed by atoms with Crippen LogP contribution in [-0.2, 0) is 16.6 Å². The van der Waals surface area contributed by atoms with E-state index in [2.05, 4.69) is 10.4 Å².